The van der Waals surface area contributed by atoms with Crippen molar-refractivity contribution in [1.82, 2.24) is 10.4 Å². The van der Waals surface area contributed by atoms with Crippen LogP contribution in [0.4, 0.5) is 13.2 Å². The SMILES string of the molecule is C#CCN(OC#C)C(=O)/C(=C/NC)C(N)OCc1cccc(C(F)(F)F)c1. The number of benzene rings is 1. The summed E-state index contributed by atoms with van der Waals surface area (Å²) >= 11 is 0. The van der Waals surface area contributed by atoms with E-state index < -0.39 is 23.9 Å². The first kappa shape index (κ1) is 21.9. The van der Waals surface area contributed by atoms with Gasteiger partial charge in [0.05, 0.1) is 17.7 Å². The molecule has 6 nitrogen and oxygen atoms in total. The van der Waals surface area contributed by atoms with Gasteiger partial charge in [-0.25, -0.2) is 0 Å². The van der Waals surface area contributed by atoms with E-state index in [0.717, 1.165) is 17.2 Å². The minimum Gasteiger partial charge on any atom is -0.393 e. The molecule has 1 aromatic rings. The first-order valence-corrected chi connectivity index (χ1v) is 7.53. The van der Waals surface area contributed by atoms with Gasteiger partial charge in [0.2, 0.25) is 0 Å². The number of ether oxygens (including phenoxy) is 1. The van der Waals surface area contributed by atoms with Crippen LogP contribution in [0.15, 0.2) is 36.0 Å². The molecule has 0 bridgehead atoms. The molecule has 0 saturated heterocycles. The summed E-state index contributed by atoms with van der Waals surface area (Å²) in [6.45, 7) is -0.505. The van der Waals surface area contributed by atoms with E-state index in [0.29, 0.717) is 0 Å². The lowest BCUT2D eigenvalue weighted by Gasteiger charge is -2.21. The predicted octanol–water partition coefficient (Wildman–Crippen LogP) is 1.59. The number of hydrogen-bond donors (Lipinski definition) is 2. The van der Waals surface area contributed by atoms with Crippen LogP contribution < -0.4 is 11.1 Å². The number of terminal acetylenes is 2. The highest BCUT2D eigenvalue weighted by Crippen LogP contribution is 2.29. The minimum atomic E-state index is -4.48. The number of nitrogens with two attached hydrogens (primary N) is 1. The van der Waals surface area contributed by atoms with Crippen molar-refractivity contribution in [2.24, 2.45) is 5.73 Å². The van der Waals surface area contributed by atoms with Crippen LogP contribution in [0.3, 0.4) is 0 Å². The van der Waals surface area contributed by atoms with Gasteiger partial charge in [-0.2, -0.15) is 13.2 Å². The monoisotopic (exact) mass is 381 g/mol. The third kappa shape index (κ3) is 6.59. The molecule has 0 aromatic heterocycles. The normalized spacial score (nSPS) is 12.5. The van der Waals surface area contributed by atoms with Gasteiger partial charge in [-0.05, 0) is 17.7 Å². The van der Waals surface area contributed by atoms with Crippen molar-refractivity contribution in [2.45, 2.75) is 19.0 Å². The molecule has 1 rings (SSSR count). The number of nitrogens with zero attached hydrogens (tertiary/aromatic N) is 1. The van der Waals surface area contributed by atoms with Gasteiger partial charge in [0.25, 0.3) is 5.91 Å². The van der Waals surface area contributed by atoms with Crippen molar-refractivity contribution in [3.63, 3.8) is 0 Å². The first-order chi connectivity index (χ1) is 12.7. The number of alkyl halides is 3. The Labute approximate surface area is 155 Å². The standard InChI is InChI=1S/C18H18F3N3O3/c1-4-9-24(27-5-2)17(25)15(11-23-3)16(22)26-12-13-7-6-8-14(10-13)18(19,20)21/h1-2,6-8,10-11,16,23H,9,12,22H2,3H3/b15-11+. The average molecular weight is 381 g/mol. The highest BCUT2D eigenvalue weighted by atomic mass is 19.4. The Morgan fingerprint density at radius 3 is 2.70 bits per heavy atom. The zero-order chi connectivity index (χ0) is 20.4. The van der Waals surface area contributed by atoms with Gasteiger partial charge in [-0.15, -0.1) is 11.5 Å². The van der Waals surface area contributed by atoms with Crippen LogP contribution >= 0.6 is 0 Å². The maximum Gasteiger partial charge on any atom is 0.416 e. The Balaban J connectivity index is 2.90. The van der Waals surface area contributed by atoms with E-state index in [4.69, 9.17) is 28.2 Å². The fourth-order valence-electron chi connectivity index (χ4n) is 1.97. The van der Waals surface area contributed by atoms with Gasteiger partial charge >= 0.3 is 6.18 Å². The van der Waals surface area contributed by atoms with Crippen LogP contribution in [0.5, 0.6) is 0 Å². The van der Waals surface area contributed by atoms with Crippen LogP contribution in [0.1, 0.15) is 11.1 Å². The van der Waals surface area contributed by atoms with Gasteiger partial charge in [-0.3, -0.25) is 4.79 Å². The van der Waals surface area contributed by atoms with E-state index in [9.17, 15) is 18.0 Å². The Kier molecular flexibility index (Phi) is 8.21. The number of carbonyl (C=O) groups is 1. The molecule has 1 unspecified atom stereocenters. The molecule has 9 heteroatoms. The van der Waals surface area contributed by atoms with Gasteiger partial charge in [0, 0.05) is 13.2 Å². The summed E-state index contributed by atoms with van der Waals surface area (Å²) in [5.74, 6) is 1.44. The molecule has 0 heterocycles. The van der Waals surface area contributed by atoms with E-state index in [1.807, 2.05) is 6.11 Å². The Hall–Kier alpha value is -3.14. The van der Waals surface area contributed by atoms with Crippen molar-refractivity contribution in [2.75, 3.05) is 13.6 Å². The van der Waals surface area contributed by atoms with Gasteiger partial charge in [-0.1, -0.05) is 24.5 Å². The van der Waals surface area contributed by atoms with Crippen LogP contribution in [-0.2, 0) is 27.2 Å². The second-order valence-corrected chi connectivity index (χ2v) is 5.07. The molecular weight excluding hydrogens is 363 g/mol. The number of nitrogens with one attached hydrogen (secondary N) is 1. The fraction of sp³-hybridized carbons (Fsp3) is 0.278. The van der Waals surface area contributed by atoms with E-state index in [1.54, 1.807) is 0 Å². The molecule has 0 aliphatic carbocycles. The molecule has 0 radical (unpaired) electrons. The van der Waals surface area contributed by atoms with Crippen molar-refractivity contribution in [1.29, 1.82) is 0 Å². The molecule has 0 aliphatic heterocycles. The molecule has 1 atom stereocenters. The van der Waals surface area contributed by atoms with E-state index in [-0.39, 0.29) is 24.3 Å². The molecule has 0 spiro atoms. The zero-order valence-corrected chi connectivity index (χ0v) is 14.4. The summed E-state index contributed by atoms with van der Waals surface area (Å²) in [5.41, 5.74) is 5.18. The van der Waals surface area contributed by atoms with Crippen LogP contribution in [-0.4, -0.2) is 30.8 Å². The largest absolute Gasteiger partial charge is 0.416 e. The molecule has 3 N–H and O–H groups in total. The van der Waals surface area contributed by atoms with Gasteiger partial charge in [0.15, 0.2) is 0 Å². The Morgan fingerprint density at radius 2 is 2.15 bits per heavy atom. The van der Waals surface area contributed by atoms with Crippen molar-refractivity contribution in [3.8, 4) is 24.9 Å². The first-order valence-electron chi connectivity index (χ1n) is 7.53. The summed E-state index contributed by atoms with van der Waals surface area (Å²) in [4.78, 5) is 17.1. The molecule has 1 amide bonds. The molecular formula is C18H18F3N3O3. The summed E-state index contributed by atoms with van der Waals surface area (Å²) in [6, 6.07) is 4.56. The van der Waals surface area contributed by atoms with Crippen molar-refractivity contribution >= 4 is 5.91 Å². The zero-order valence-electron chi connectivity index (χ0n) is 14.4. The van der Waals surface area contributed by atoms with Crippen molar-refractivity contribution < 1.29 is 27.5 Å². The fourth-order valence-corrected chi connectivity index (χ4v) is 1.97. The van der Waals surface area contributed by atoms with E-state index in [2.05, 4.69) is 11.2 Å². The van der Waals surface area contributed by atoms with Gasteiger partial charge < -0.3 is 20.6 Å². The maximum absolute atomic E-state index is 12.8. The minimum absolute atomic E-state index is 0.0880. The van der Waals surface area contributed by atoms with E-state index in [1.165, 1.54) is 25.4 Å². The van der Waals surface area contributed by atoms with Crippen LogP contribution in [0.2, 0.25) is 0 Å². The maximum atomic E-state index is 12.8. The topological polar surface area (TPSA) is 76.8 Å². The average Bonchev–Trinajstić information content (AvgIpc) is 2.63. The number of hydroxylamine groups is 2. The highest BCUT2D eigenvalue weighted by Gasteiger charge is 2.30. The van der Waals surface area contributed by atoms with Crippen LogP contribution in [0, 0.1) is 24.9 Å². The quantitative estimate of drug-likeness (QED) is 0.310. The van der Waals surface area contributed by atoms with Crippen LogP contribution in [0.25, 0.3) is 0 Å². The molecule has 0 aliphatic rings. The lowest BCUT2D eigenvalue weighted by atomic mass is 10.1. The summed E-state index contributed by atoms with van der Waals surface area (Å²) in [6.07, 6.45) is 7.48. The number of rotatable bonds is 8. The van der Waals surface area contributed by atoms with E-state index >= 15 is 0 Å². The smallest absolute Gasteiger partial charge is 0.393 e. The molecule has 144 valence electrons. The molecule has 0 fully saturated rings. The summed E-state index contributed by atoms with van der Waals surface area (Å²) < 4.78 is 43.6. The summed E-state index contributed by atoms with van der Waals surface area (Å²) in [5, 5.41) is 3.34. The summed E-state index contributed by atoms with van der Waals surface area (Å²) in [7, 11) is 1.51. The second kappa shape index (κ2) is 10.1. The lowest BCUT2D eigenvalue weighted by molar-refractivity contribution is -0.158. The lowest BCUT2D eigenvalue weighted by Crippen LogP contribution is -2.39. The second-order valence-electron chi connectivity index (χ2n) is 5.07. The van der Waals surface area contributed by atoms with Crippen molar-refractivity contribution in [3.05, 3.63) is 47.2 Å². The van der Waals surface area contributed by atoms with Gasteiger partial charge in [0.1, 0.15) is 18.9 Å². The molecule has 27 heavy (non-hydrogen) atoms. The Morgan fingerprint density at radius 1 is 1.44 bits per heavy atom. The third-order valence-corrected chi connectivity index (χ3v) is 3.16. The number of amides is 1. The number of carbonyl (C=O) groups excluding carboxylic acids is 1. The number of hydrogen-bond acceptors (Lipinski definition) is 5. The molecule has 0 saturated carbocycles. The Bertz CT molecular complexity index is 748. The highest BCUT2D eigenvalue weighted by molar-refractivity contribution is 5.93. The molecule has 1 aromatic carbocycles. The predicted molar refractivity (Wildman–Crippen MR) is 91.8 cm³/mol. The number of halogens is 3. The third-order valence-electron chi connectivity index (χ3n) is 3.16.